The van der Waals surface area contributed by atoms with Gasteiger partial charge in [0.05, 0.1) is 15.5 Å². The standard InChI is InChI=1S/C29H28ClN5O5S/c1-18-27(30)28-33-32-26(35(28)34-18)5-3-4-20-6-8-21(9-7-20)31-29(37)19(2)40-23-12-16-25(17-13-23)41(38,39)24-14-10-22(36)11-15-24/h6-17,19,34,36H,3-5H2,1-2H3,(H,31,37). The lowest BCUT2D eigenvalue weighted by Crippen LogP contribution is -2.30. The number of amides is 1. The molecular weight excluding hydrogens is 566 g/mol. The summed E-state index contributed by atoms with van der Waals surface area (Å²) in [4.78, 5) is 12.8. The lowest BCUT2D eigenvalue weighted by Gasteiger charge is -2.15. The number of halogens is 1. The average Bonchev–Trinajstić information content (AvgIpc) is 3.48. The second-order valence-electron chi connectivity index (χ2n) is 9.59. The van der Waals surface area contributed by atoms with Crippen molar-refractivity contribution < 1.29 is 23.1 Å². The van der Waals surface area contributed by atoms with Crippen LogP contribution in [-0.4, -0.2) is 45.3 Å². The number of sulfone groups is 1. The number of ether oxygens (including phenoxy) is 1. The summed E-state index contributed by atoms with van der Waals surface area (Å²) in [5, 5.41) is 24.3. The van der Waals surface area contributed by atoms with E-state index in [1.165, 1.54) is 48.5 Å². The molecule has 0 aliphatic heterocycles. The number of aromatic nitrogens is 4. The van der Waals surface area contributed by atoms with Crippen molar-refractivity contribution in [3.63, 3.8) is 0 Å². The molecule has 1 amide bonds. The molecule has 0 saturated heterocycles. The maximum atomic E-state index is 12.8. The fourth-order valence-electron chi connectivity index (χ4n) is 4.29. The maximum absolute atomic E-state index is 12.8. The Bertz CT molecular complexity index is 1780. The smallest absolute Gasteiger partial charge is 0.265 e. The minimum Gasteiger partial charge on any atom is -0.508 e. The molecule has 2 heterocycles. The molecule has 2 aromatic heterocycles. The summed E-state index contributed by atoms with van der Waals surface area (Å²) < 4.78 is 33.1. The van der Waals surface area contributed by atoms with Crippen molar-refractivity contribution in [2.24, 2.45) is 0 Å². The number of hydrogen-bond donors (Lipinski definition) is 3. The summed E-state index contributed by atoms with van der Waals surface area (Å²) in [5.74, 6) is 0.820. The zero-order chi connectivity index (χ0) is 29.1. The summed E-state index contributed by atoms with van der Waals surface area (Å²) in [6.07, 6.45) is 1.60. The Kier molecular flexibility index (Phi) is 8.00. The van der Waals surface area contributed by atoms with E-state index in [0.29, 0.717) is 22.1 Å². The van der Waals surface area contributed by atoms with Crippen molar-refractivity contribution >= 4 is 38.7 Å². The first kappa shape index (κ1) is 28.2. The normalized spacial score (nSPS) is 12.4. The van der Waals surface area contributed by atoms with E-state index in [4.69, 9.17) is 16.3 Å². The van der Waals surface area contributed by atoms with Gasteiger partial charge in [-0.05, 0) is 92.9 Å². The van der Waals surface area contributed by atoms with Crippen LogP contribution >= 0.6 is 11.6 Å². The summed E-state index contributed by atoms with van der Waals surface area (Å²) in [5.41, 5.74) is 3.25. The van der Waals surface area contributed by atoms with Crippen LogP contribution in [0.5, 0.6) is 11.5 Å². The van der Waals surface area contributed by atoms with Gasteiger partial charge in [-0.25, -0.2) is 12.9 Å². The van der Waals surface area contributed by atoms with E-state index in [2.05, 4.69) is 20.6 Å². The number of aryl methyl sites for hydroxylation is 3. The van der Waals surface area contributed by atoms with Gasteiger partial charge in [0.25, 0.3) is 5.91 Å². The Morgan fingerprint density at radius 2 is 1.63 bits per heavy atom. The average molecular weight is 594 g/mol. The van der Waals surface area contributed by atoms with Crippen molar-refractivity contribution in [3.8, 4) is 11.5 Å². The van der Waals surface area contributed by atoms with Gasteiger partial charge in [0.15, 0.2) is 17.6 Å². The molecule has 212 valence electrons. The van der Waals surface area contributed by atoms with Crippen LogP contribution in [0.4, 0.5) is 5.69 Å². The van der Waals surface area contributed by atoms with Crippen LogP contribution in [0.2, 0.25) is 5.02 Å². The number of H-pyrrole nitrogens is 1. The third-order valence-corrected chi connectivity index (χ3v) is 8.82. The predicted octanol–water partition coefficient (Wildman–Crippen LogP) is 5.14. The molecule has 0 fully saturated rings. The SMILES string of the molecule is Cc1[nH]n2c(CCCc3ccc(NC(=O)C(C)Oc4ccc(S(=O)(=O)c5ccc(O)cc5)cc4)cc3)nnc2c1Cl. The number of nitrogens with one attached hydrogen (secondary N) is 2. The molecule has 5 aromatic rings. The molecule has 0 radical (unpaired) electrons. The van der Waals surface area contributed by atoms with Gasteiger partial charge in [0, 0.05) is 12.1 Å². The van der Waals surface area contributed by atoms with E-state index in [-0.39, 0.29) is 21.4 Å². The molecule has 0 spiro atoms. The molecule has 5 rings (SSSR count). The number of fused-ring (bicyclic) bond motifs is 1. The monoisotopic (exact) mass is 593 g/mol. The molecule has 12 heteroatoms. The number of benzene rings is 3. The Morgan fingerprint density at radius 1 is 1.00 bits per heavy atom. The molecule has 3 aromatic carbocycles. The van der Waals surface area contributed by atoms with Gasteiger partial charge >= 0.3 is 0 Å². The third kappa shape index (κ3) is 6.21. The van der Waals surface area contributed by atoms with Crippen molar-refractivity contribution in [1.82, 2.24) is 19.8 Å². The van der Waals surface area contributed by atoms with Gasteiger partial charge < -0.3 is 15.2 Å². The quantitative estimate of drug-likeness (QED) is 0.204. The lowest BCUT2D eigenvalue weighted by molar-refractivity contribution is -0.122. The van der Waals surface area contributed by atoms with E-state index < -0.39 is 15.9 Å². The summed E-state index contributed by atoms with van der Waals surface area (Å²) in [7, 11) is -3.75. The number of rotatable bonds is 10. The Balaban J connectivity index is 1.12. The van der Waals surface area contributed by atoms with E-state index in [9.17, 15) is 18.3 Å². The molecule has 41 heavy (non-hydrogen) atoms. The highest BCUT2D eigenvalue weighted by Crippen LogP contribution is 2.25. The second kappa shape index (κ2) is 11.6. The molecule has 1 unspecified atom stereocenters. The van der Waals surface area contributed by atoms with Gasteiger partial charge in [0.1, 0.15) is 16.5 Å². The highest BCUT2D eigenvalue weighted by Gasteiger charge is 2.19. The van der Waals surface area contributed by atoms with E-state index in [1.807, 2.05) is 35.7 Å². The zero-order valence-corrected chi connectivity index (χ0v) is 23.9. The van der Waals surface area contributed by atoms with Crippen LogP contribution in [0.15, 0.2) is 82.6 Å². The van der Waals surface area contributed by atoms with E-state index >= 15 is 0 Å². The summed E-state index contributed by atoms with van der Waals surface area (Å²) in [6, 6.07) is 18.8. The highest BCUT2D eigenvalue weighted by molar-refractivity contribution is 7.91. The summed E-state index contributed by atoms with van der Waals surface area (Å²) >= 11 is 6.22. The Labute approximate surface area is 241 Å². The van der Waals surface area contributed by atoms with Gasteiger partial charge in [-0.2, -0.15) is 0 Å². The molecule has 0 aliphatic carbocycles. The second-order valence-corrected chi connectivity index (χ2v) is 11.9. The number of anilines is 1. The van der Waals surface area contributed by atoms with Gasteiger partial charge in [-0.3, -0.25) is 9.89 Å². The number of carbonyl (C=O) groups is 1. The van der Waals surface area contributed by atoms with Crippen LogP contribution < -0.4 is 10.1 Å². The predicted molar refractivity (Wildman–Crippen MR) is 154 cm³/mol. The molecular formula is C29H28ClN5O5S. The maximum Gasteiger partial charge on any atom is 0.265 e. The van der Waals surface area contributed by atoms with Crippen LogP contribution in [-0.2, 0) is 27.5 Å². The topological polar surface area (TPSA) is 139 Å². The highest BCUT2D eigenvalue weighted by atomic mass is 35.5. The first-order chi connectivity index (χ1) is 19.6. The number of phenolic OH excluding ortho intramolecular Hbond substituents is 1. The molecule has 3 N–H and O–H groups in total. The van der Waals surface area contributed by atoms with Gasteiger partial charge in [-0.1, -0.05) is 23.7 Å². The summed E-state index contributed by atoms with van der Waals surface area (Å²) in [6.45, 7) is 3.51. The fourth-order valence-corrected chi connectivity index (χ4v) is 5.71. The van der Waals surface area contributed by atoms with E-state index in [1.54, 1.807) is 6.92 Å². The molecule has 10 nitrogen and oxygen atoms in total. The van der Waals surface area contributed by atoms with Crippen molar-refractivity contribution in [3.05, 3.63) is 94.9 Å². The number of phenols is 1. The van der Waals surface area contributed by atoms with Gasteiger partial charge in [-0.15, -0.1) is 10.2 Å². The number of nitrogens with zero attached hydrogens (tertiary/aromatic N) is 3. The molecule has 0 aliphatic rings. The van der Waals surface area contributed by atoms with Crippen molar-refractivity contribution in [2.75, 3.05) is 5.32 Å². The van der Waals surface area contributed by atoms with Crippen molar-refractivity contribution in [2.45, 2.75) is 49.0 Å². The minimum absolute atomic E-state index is 0.0183. The Hall–Kier alpha value is -4.35. The minimum atomic E-state index is -3.75. The van der Waals surface area contributed by atoms with Crippen LogP contribution in [0.3, 0.4) is 0 Å². The van der Waals surface area contributed by atoms with E-state index in [0.717, 1.165) is 36.3 Å². The number of aromatic hydroxyl groups is 1. The molecule has 0 bridgehead atoms. The van der Waals surface area contributed by atoms with Crippen molar-refractivity contribution in [1.29, 1.82) is 0 Å². The lowest BCUT2D eigenvalue weighted by atomic mass is 10.1. The van der Waals surface area contributed by atoms with Crippen LogP contribution in [0.1, 0.15) is 30.4 Å². The van der Waals surface area contributed by atoms with Crippen LogP contribution in [0, 0.1) is 6.92 Å². The van der Waals surface area contributed by atoms with Gasteiger partial charge in [0.2, 0.25) is 9.84 Å². The molecule has 0 saturated carbocycles. The number of hydrogen-bond acceptors (Lipinski definition) is 7. The first-order valence-electron chi connectivity index (χ1n) is 12.9. The number of carbonyl (C=O) groups excluding carboxylic acids is 1. The Morgan fingerprint density at radius 3 is 2.29 bits per heavy atom. The fraction of sp³-hybridized carbons (Fsp3) is 0.207. The molecule has 1 atom stereocenters. The number of aromatic amines is 1. The third-order valence-electron chi connectivity index (χ3n) is 6.59. The largest absolute Gasteiger partial charge is 0.508 e. The van der Waals surface area contributed by atoms with Crippen LogP contribution in [0.25, 0.3) is 5.65 Å². The zero-order valence-electron chi connectivity index (χ0n) is 22.3. The first-order valence-corrected chi connectivity index (χ1v) is 14.8.